The van der Waals surface area contributed by atoms with E-state index in [2.05, 4.69) is 15.3 Å². The van der Waals surface area contributed by atoms with Crippen molar-refractivity contribution in [2.75, 3.05) is 18.8 Å². The van der Waals surface area contributed by atoms with E-state index < -0.39 is 10.0 Å². The molecule has 1 aliphatic heterocycles. The highest BCUT2D eigenvalue weighted by Crippen LogP contribution is 2.35. The number of hydrogen-bond acceptors (Lipinski definition) is 10. The molecule has 1 amide bonds. The lowest BCUT2D eigenvalue weighted by Crippen LogP contribution is -2.30. The minimum absolute atomic E-state index is 0.0242. The molecule has 0 N–H and O–H groups in total. The summed E-state index contributed by atoms with van der Waals surface area (Å²) < 4.78 is 38.5. The van der Waals surface area contributed by atoms with Crippen molar-refractivity contribution < 1.29 is 22.0 Å². The van der Waals surface area contributed by atoms with Gasteiger partial charge < -0.3 is 8.83 Å². The number of hydrogen-bond donors (Lipinski definition) is 0. The van der Waals surface area contributed by atoms with E-state index in [1.165, 1.54) is 21.4 Å². The van der Waals surface area contributed by atoms with Crippen LogP contribution in [-0.4, -0.2) is 58.4 Å². The van der Waals surface area contributed by atoms with E-state index in [0.717, 1.165) is 22.4 Å². The average molecular weight is 572 g/mol. The molecule has 1 atom stereocenters. The van der Waals surface area contributed by atoms with Crippen molar-refractivity contribution in [1.82, 2.24) is 19.5 Å². The molecule has 1 aliphatic rings. The second-order valence-electron chi connectivity index (χ2n) is 8.28. The lowest BCUT2D eigenvalue weighted by molar-refractivity contribution is -0.130. The van der Waals surface area contributed by atoms with Crippen LogP contribution in [0.5, 0.6) is 0 Å². The van der Waals surface area contributed by atoms with Crippen molar-refractivity contribution in [2.24, 2.45) is 5.10 Å². The molecule has 0 aliphatic carbocycles. The fraction of sp³-hybridized carbons (Fsp3) is 0.280. The number of hydrazone groups is 1. The van der Waals surface area contributed by atoms with Gasteiger partial charge in [-0.1, -0.05) is 37.7 Å². The maximum atomic E-state index is 13.2. The molecule has 3 aromatic heterocycles. The van der Waals surface area contributed by atoms with Gasteiger partial charge in [-0.3, -0.25) is 4.79 Å². The van der Waals surface area contributed by atoms with E-state index in [-0.39, 0.29) is 33.7 Å². The summed E-state index contributed by atoms with van der Waals surface area (Å²) in [4.78, 5) is 14.4. The van der Waals surface area contributed by atoms with Crippen molar-refractivity contribution >= 4 is 44.7 Å². The number of sulfonamides is 1. The summed E-state index contributed by atoms with van der Waals surface area (Å²) >= 11 is 2.67. The van der Waals surface area contributed by atoms with Gasteiger partial charge in [0, 0.05) is 25.1 Å². The van der Waals surface area contributed by atoms with E-state index >= 15 is 0 Å². The van der Waals surface area contributed by atoms with Gasteiger partial charge in [0.1, 0.15) is 11.8 Å². The topological polar surface area (TPSA) is 122 Å². The zero-order valence-corrected chi connectivity index (χ0v) is 23.1. The fourth-order valence-corrected chi connectivity index (χ4v) is 6.95. The van der Waals surface area contributed by atoms with Crippen LogP contribution in [0.3, 0.4) is 0 Å². The van der Waals surface area contributed by atoms with Gasteiger partial charge in [0.2, 0.25) is 15.9 Å². The lowest BCUT2D eigenvalue weighted by Gasteiger charge is -2.19. The number of carbonyl (C=O) groups excluding carboxylic acids is 1. The molecule has 0 radical (unpaired) electrons. The van der Waals surface area contributed by atoms with Gasteiger partial charge in [-0.15, -0.1) is 21.5 Å². The third kappa shape index (κ3) is 5.32. The average Bonchev–Trinajstić information content (AvgIpc) is 3.74. The smallest absolute Gasteiger partial charge is 0.277 e. The van der Waals surface area contributed by atoms with Crippen LogP contribution in [0.1, 0.15) is 36.9 Å². The van der Waals surface area contributed by atoms with Crippen molar-refractivity contribution in [3.05, 3.63) is 70.8 Å². The highest BCUT2D eigenvalue weighted by Gasteiger charge is 2.35. The molecule has 38 heavy (non-hydrogen) atoms. The maximum absolute atomic E-state index is 13.2. The van der Waals surface area contributed by atoms with Crippen LogP contribution in [-0.2, 0) is 14.8 Å². The first kappa shape index (κ1) is 26.4. The Bertz CT molecular complexity index is 1530. The normalized spacial score (nSPS) is 15.8. The summed E-state index contributed by atoms with van der Waals surface area (Å²) in [5, 5.41) is 16.3. The molecule has 0 bridgehead atoms. The molecule has 198 valence electrons. The number of benzene rings is 1. The van der Waals surface area contributed by atoms with Gasteiger partial charge in [0.05, 0.1) is 27.5 Å². The summed E-state index contributed by atoms with van der Waals surface area (Å²) in [5.74, 6) is 0.633. The summed E-state index contributed by atoms with van der Waals surface area (Å²) in [7, 11) is -3.63. The van der Waals surface area contributed by atoms with Gasteiger partial charge >= 0.3 is 0 Å². The molecule has 0 saturated carbocycles. The highest BCUT2D eigenvalue weighted by atomic mass is 32.2. The van der Waals surface area contributed by atoms with Crippen LogP contribution in [0.2, 0.25) is 0 Å². The third-order valence-corrected chi connectivity index (χ3v) is 9.76. The summed E-state index contributed by atoms with van der Waals surface area (Å²) in [6.45, 7) is 4.33. The summed E-state index contributed by atoms with van der Waals surface area (Å²) in [5.41, 5.74) is 1.31. The van der Waals surface area contributed by atoms with Crippen LogP contribution >= 0.6 is 23.1 Å². The number of thioether (sulfide) groups is 1. The van der Waals surface area contributed by atoms with Gasteiger partial charge in [-0.2, -0.15) is 9.41 Å². The molecule has 13 heteroatoms. The first-order valence-electron chi connectivity index (χ1n) is 11.9. The van der Waals surface area contributed by atoms with Crippen molar-refractivity contribution in [1.29, 1.82) is 0 Å². The van der Waals surface area contributed by atoms with E-state index in [4.69, 9.17) is 8.83 Å². The van der Waals surface area contributed by atoms with Gasteiger partial charge in [0.15, 0.2) is 0 Å². The number of furan rings is 1. The van der Waals surface area contributed by atoms with Crippen molar-refractivity contribution in [3.8, 4) is 11.5 Å². The summed E-state index contributed by atoms with van der Waals surface area (Å²) in [6.07, 6.45) is 2.14. The Hall–Kier alpha value is -3.26. The maximum Gasteiger partial charge on any atom is 0.277 e. The van der Waals surface area contributed by atoms with E-state index in [9.17, 15) is 13.2 Å². The number of nitrogens with zero attached hydrogens (tertiary/aromatic N) is 5. The quantitative estimate of drug-likeness (QED) is 0.247. The van der Waals surface area contributed by atoms with Crippen LogP contribution in [0.4, 0.5) is 0 Å². The van der Waals surface area contributed by atoms with E-state index in [1.54, 1.807) is 49.6 Å². The Morgan fingerprint density at radius 3 is 2.71 bits per heavy atom. The predicted molar refractivity (Wildman–Crippen MR) is 144 cm³/mol. The molecule has 0 fully saturated rings. The highest BCUT2D eigenvalue weighted by molar-refractivity contribution is 7.99. The Labute approximate surface area is 228 Å². The van der Waals surface area contributed by atoms with Crippen molar-refractivity contribution in [2.45, 2.75) is 36.4 Å². The second-order valence-corrected chi connectivity index (χ2v) is 12.1. The zero-order valence-electron chi connectivity index (χ0n) is 20.7. The second kappa shape index (κ2) is 11.2. The fourth-order valence-electron chi connectivity index (χ4n) is 4.11. The molecular formula is C25H25N5O5S3. The molecule has 4 aromatic rings. The van der Waals surface area contributed by atoms with Crippen LogP contribution in [0, 0.1) is 0 Å². The first-order chi connectivity index (χ1) is 18.4. The van der Waals surface area contributed by atoms with E-state index in [1.807, 2.05) is 23.6 Å². The Morgan fingerprint density at radius 2 is 2.00 bits per heavy atom. The Kier molecular flexibility index (Phi) is 7.79. The molecule has 4 heterocycles. The molecule has 0 spiro atoms. The Morgan fingerprint density at radius 1 is 1.16 bits per heavy atom. The monoisotopic (exact) mass is 571 g/mol. The molecule has 5 rings (SSSR count). The number of amides is 1. The number of thiophene rings is 1. The van der Waals surface area contributed by atoms with E-state index in [0.29, 0.717) is 30.8 Å². The number of carbonyl (C=O) groups is 1. The van der Waals surface area contributed by atoms with Gasteiger partial charge in [0.25, 0.3) is 11.1 Å². The van der Waals surface area contributed by atoms with Crippen molar-refractivity contribution in [3.63, 3.8) is 0 Å². The van der Waals surface area contributed by atoms with Crippen LogP contribution < -0.4 is 0 Å². The molecular weight excluding hydrogens is 547 g/mol. The summed E-state index contributed by atoms with van der Waals surface area (Å²) in [6, 6.07) is 13.6. The molecule has 0 unspecified atom stereocenters. The number of aromatic nitrogens is 2. The third-order valence-electron chi connectivity index (χ3n) is 5.99. The standard InChI is InChI=1S/C25H25N5O5S3/c1-3-29(4-2)38(32,33)18-9-5-8-17(14-18)24-26-27-25(35-24)37-16-23(31)30-20(21-10-6-12-34-21)15-19(28-30)22-11-7-13-36-22/h5-14,20H,3-4,15-16H2,1-2H3/t20-/m0/s1. The Balaban J connectivity index is 1.30. The molecule has 0 saturated heterocycles. The lowest BCUT2D eigenvalue weighted by atomic mass is 10.1. The predicted octanol–water partition coefficient (Wildman–Crippen LogP) is 4.89. The molecule has 10 nitrogen and oxygen atoms in total. The SMILES string of the molecule is CCN(CC)S(=O)(=O)c1cccc(-c2nnc(SCC(=O)N3N=C(c4cccs4)C[C@H]3c3ccco3)o2)c1. The minimum Gasteiger partial charge on any atom is -0.467 e. The largest absolute Gasteiger partial charge is 0.467 e. The van der Waals surface area contributed by atoms with Crippen LogP contribution in [0.15, 0.2) is 84.2 Å². The zero-order chi connectivity index (χ0) is 26.7. The van der Waals surface area contributed by atoms with Gasteiger partial charge in [-0.05, 0) is 41.8 Å². The first-order valence-corrected chi connectivity index (χ1v) is 15.2. The number of rotatable bonds is 10. The molecule has 1 aromatic carbocycles. The van der Waals surface area contributed by atoms with Crippen LogP contribution in [0.25, 0.3) is 11.5 Å². The minimum atomic E-state index is -3.63. The van der Waals surface area contributed by atoms with Gasteiger partial charge in [-0.25, -0.2) is 13.4 Å².